The van der Waals surface area contributed by atoms with Crippen LogP contribution in [-0.4, -0.2) is 25.8 Å². The molecule has 16 heavy (non-hydrogen) atoms. The van der Waals surface area contributed by atoms with Gasteiger partial charge in [-0.1, -0.05) is 12.8 Å². The first kappa shape index (κ1) is 12.3. The maximum atomic E-state index is 12.0. The average Bonchev–Trinajstić information content (AvgIpc) is 2.75. The van der Waals surface area contributed by atoms with Crippen molar-refractivity contribution in [3.63, 3.8) is 0 Å². The smallest absolute Gasteiger partial charge is 0.214 e. The number of sulfonamides is 1. The Bertz CT molecular complexity index is 315. The second-order valence-corrected chi connectivity index (χ2v) is 7.17. The van der Waals surface area contributed by atoms with Crippen molar-refractivity contribution >= 4 is 10.0 Å². The van der Waals surface area contributed by atoms with Gasteiger partial charge in [-0.2, -0.15) is 0 Å². The monoisotopic (exact) mass is 246 g/mol. The predicted molar refractivity (Wildman–Crippen MR) is 64.5 cm³/mol. The molecule has 0 aromatic rings. The minimum atomic E-state index is -3.07. The molecule has 0 heterocycles. The number of hydrogen-bond acceptors (Lipinski definition) is 3. The normalized spacial score (nSPS) is 33.1. The first-order valence-corrected chi connectivity index (χ1v) is 7.89. The van der Waals surface area contributed by atoms with Gasteiger partial charge >= 0.3 is 0 Å². The first-order chi connectivity index (χ1) is 7.58. The van der Waals surface area contributed by atoms with E-state index in [4.69, 9.17) is 5.73 Å². The molecule has 0 radical (unpaired) electrons. The molecule has 0 aromatic carbocycles. The summed E-state index contributed by atoms with van der Waals surface area (Å²) in [5.74, 6) is 0. The van der Waals surface area contributed by atoms with E-state index < -0.39 is 10.0 Å². The van der Waals surface area contributed by atoms with E-state index in [2.05, 4.69) is 4.72 Å². The molecule has 2 saturated carbocycles. The summed E-state index contributed by atoms with van der Waals surface area (Å²) < 4.78 is 27.0. The van der Waals surface area contributed by atoms with E-state index in [0.29, 0.717) is 0 Å². The molecule has 2 aliphatic carbocycles. The molecule has 4 nitrogen and oxygen atoms in total. The number of rotatable bonds is 3. The molecule has 2 rings (SSSR count). The molecule has 0 saturated heterocycles. The van der Waals surface area contributed by atoms with Crippen LogP contribution in [0.1, 0.15) is 51.4 Å². The molecular weight excluding hydrogens is 224 g/mol. The van der Waals surface area contributed by atoms with Crippen molar-refractivity contribution in [2.75, 3.05) is 0 Å². The van der Waals surface area contributed by atoms with E-state index in [1.165, 1.54) is 0 Å². The van der Waals surface area contributed by atoms with Crippen molar-refractivity contribution in [1.82, 2.24) is 4.72 Å². The van der Waals surface area contributed by atoms with Crippen LogP contribution in [0.25, 0.3) is 0 Å². The van der Waals surface area contributed by atoms with Crippen molar-refractivity contribution in [1.29, 1.82) is 0 Å². The Morgan fingerprint density at radius 1 is 0.938 bits per heavy atom. The second kappa shape index (κ2) is 5.02. The Hall–Kier alpha value is -0.130. The maximum absolute atomic E-state index is 12.0. The zero-order valence-corrected chi connectivity index (χ0v) is 10.5. The summed E-state index contributed by atoms with van der Waals surface area (Å²) in [4.78, 5) is 0. The van der Waals surface area contributed by atoms with Gasteiger partial charge in [0.05, 0.1) is 5.25 Å². The summed E-state index contributed by atoms with van der Waals surface area (Å²) in [5, 5.41) is -0.136. The van der Waals surface area contributed by atoms with Crippen LogP contribution in [-0.2, 0) is 10.0 Å². The molecule has 2 aliphatic rings. The fourth-order valence-electron chi connectivity index (χ4n) is 2.76. The van der Waals surface area contributed by atoms with Crippen LogP contribution in [0, 0.1) is 0 Å². The lowest BCUT2D eigenvalue weighted by Crippen LogP contribution is -2.43. The summed E-state index contributed by atoms with van der Waals surface area (Å²) in [6, 6.07) is 0.401. The quantitative estimate of drug-likeness (QED) is 0.784. The third-order valence-electron chi connectivity index (χ3n) is 3.84. The van der Waals surface area contributed by atoms with Crippen LogP contribution in [0.4, 0.5) is 0 Å². The van der Waals surface area contributed by atoms with Crippen LogP contribution in [0.5, 0.6) is 0 Å². The van der Waals surface area contributed by atoms with Crippen LogP contribution >= 0.6 is 0 Å². The van der Waals surface area contributed by atoms with Gasteiger partial charge in [0.2, 0.25) is 10.0 Å². The SMILES string of the molecule is NC1CCC(NS(=O)(=O)C2CCCC2)CC1. The van der Waals surface area contributed by atoms with E-state index in [1.807, 2.05) is 0 Å². The summed E-state index contributed by atoms with van der Waals surface area (Å²) in [7, 11) is -3.07. The third-order valence-corrected chi connectivity index (χ3v) is 5.85. The van der Waals surface area contributed by atoms with Crippen molar-refractivity contribution in [2.45, 2.75) is 68.7 Å². The lowest BCUT2D eigenvalue weighted by Gasteiger charge is -2.27. The van der Waals surface area contributed by atoms with Gasteiger partial charge in [0, 0.05) is 12.1 Å². The standard InChI is InChI=1S/C11H22N2O2S/c12-9-5-7-10(8-6-9)13-16(14,15)11-3-1-2-4-11/h9-11,13H,1-8,12H2. The van der Waals surface area contributed by atoms with Crippen LogP contribution in [0.15, 0.2) is 0 Å². The van der Waals surface area contributed by atoms with Gasteiger partial charge in [0.1, 0.15) is 0 Å². The minimum absolute atomic E-state index is 0.130. The fourth-order valence-corrected chi connectivity index (χ4v) is 4.61. The molecule has 0 spiro atoms. The average molecular weight is 246 g/mol. The number of nitrogens with one attached hydrogen (secondary N) is 1. The van der Waals surface area contributed by atoms with E-state index >= 15 is 0 Å². The lowest BCUT2D eigenvalue weighted by atomic mass is 9.93. The highest BCUT2D eigenvalue weighted by molar-refractivity contribution is 7.90. The van der Waals surface area contributed by atoms with Gasteiger partial charge in [0.25, 0.3) is 0 Å². The molecule has 0 unspecified atom stereocenters. The molecule has 0 atom stereocenters. The fraction of sp³-hybridized carbons (Fsp3) is 1.00. The zero-order chi connectivity index (χ0) is 11.6. The van der Waals surface area contributed by atoms with Gasteiger partial charge in [-0.15, -0.1) is 0 Å². The Labute approximate surface area is 98.0 Å². The van der Waals surface area contributed by atoms with E-state index in [-0.39, 0.29) is 17.3 Å². The first-order valence-electron chi connectivity index (χ1n) is 6.34. The van der Waals surface area contributed by atoms with E-state index in [9.17, 15) is 8.42 Å². The Kier molecular flexibility index (Phi) is 3.87. The lowest BCUT2D eigenvalue weighted by molar-refractivity contribution is 0.372. The van der Waals surface area contributed by atoms with E-state index in [0.717, 1.165) is 51.4 Å². The Balaban J connectivity index is 1.88. The van der Waals surface area contributed by atoms with Crippen LogP contribution < -0.4 is 10.5 Å². The number of nitrogens with two attached hydrogens (primary N) is 1. The Morgan fingerprint density at radius 3 is 2.06 bits per heavy atom. The van der Waals surface area contributed by atoms with Gasteiger partial charge in [-0.3, -0.25) is 0 Å². The highest BCUT2D eigenvalue weighted by atomic mass is 32.2. The molecule has 0 amide bonds. The summed E-state index contributed by atoms with van der Waals surface area (Å²) in [5.41, 5.74) is 5.81. The highest BCUT2D eigenvalue weighted by Gasteiger charge is 2.31. The highest BCUT2D eigenvalue weighted by Crippen LogP contribution is 2.25. The topological polar surface area (TPSA) is 72.2 Å². The molecule has 5 heteroatoms. The van der Waals surface area contributed by atoms with Crippen LogP contribution in [0.2, 0.25) is 0 Å². The summed E-state index contributed by atoms with van der Waals surface area (Å²) in [6.45, 7) is 0. The molecule has 0 bridgehead atoms. The molecule has 0 aromatic heterocycles. The maximum Gasteiger partial charge on any atom is 0.214 e. The molecule has 0 aliphatic heterocycles. The van der Waals surface area contributed by atoms with Crippen LogP contribution in [0.3, 0.4) is 0 Å². The largest absolute Gasteiger partial charge is 0.328 e. The summed E-state index contributed by atoms with van der Waals surface area (Å²) in [6.07, 6.45) is 7.46. The van der Waals surface area contributed by atoms with Gasteiger partial charge in [-0.25, -0.2) is 13.1 Å². The summed E-state index contributed by atoms with van der Waals surface area (Å²) >= 11 is 0. The molecule has 3 N–H and O–H groups in total. The van der Waals surface area contributed by atoms with Gasteiger partial charge < -0.3 is 5.73 Å². The molecule has 94 valence electrons. The van der Waals surface area contributed by atoms with Gasteiger partial charge in [0.15, 0.2) is 0 Å². The van der Waals surface area contributed by atoms with Crippen molar-refractivity contribution in [2.24, 2.45) is 5.73 Å². The minimum Gasteiger partial charge on any atom is -0.328 e. The Morgan fingerprint density at radius 2 is 1.50 bits per heavy atom. The zero-order valence-electron chi connectivity index (χ0n) is 9.69. The molecular formula is C11H22N2O2S. The van der Waals surface area contributed by atoms with E-state index in [1.54, 1.807) is 0 Å². The molecule has 2 fully saturated rings. The number of hydrogen-bond donors (Lipinski definition) is 2. The van der Waals surface area contributed by atoms with Gasteiger partial charge in [-0.05, 0) is 38.5 Å². The predicted octanol–water partition coefficient (Wildman–Crippen LogP) is 1.12. The third kappa shape index (κ3) is 2.96. The van der Waals surface area contributed by atoms with Crippen molar-refractivity contribution in [3.8, 4) is 0 Å². The van der Waals surface area contributed by atoms with Crippen molar-refractivity contribution < 1.29 is 8.42 Å². The second-order valence-electron chi connectivity index (χ2n) is 5.18. The van der Waals surface area contributed by atoms with Crippen molar-refractivity contribution in [3.05, 3.63) is 0 Å².